The number of rotatable bonds is 2. The van der Waals surface area contributed by atoms with Crippen LogP contribution in [0.5, 0.6) is 0 Å². The summed E-state index contributed by atoms with van der Waals surface area (Å²) in [4.78, 5) is 47.6. The first-order chi connectivity index (χ1) is 3.71. The molecule has 0 bridgehead atoms. The van der Waals surface area contributed by atoms with Gasteiger partial charge in [0.25, 0.3) is 0 Å². The quantitative estimate of drug-likeness (QED) is 0.225. The van der Waals surface area contributed by atoms with Crippen LogP contribution in [0.2, 0.25) is 0 Å². The fourth-order valence-electron chi connectivity index (χ4n) is 0.184. The Kier molecular flexibility index (Phi) is 12.7. The minimum absolute atomic E-state index is 0. The van der Waals surface area contributed by atoms with Gasteiger partial charge in [0.05, 0.1) is 0 Å². The van der Waals surface area contributed by atoms with Crippen LogP contribution in [0.4, 0.5) is 0 Å². The van der Waals surface area contributed by atoms with Crippen molar-refractivity contribution in [2.24, 2.45) is 0 Å². The molecule has 0 spiro atoms. The van der Waals surface area contributed by atoms with E-state index in [1.165, 1.54) is 0 Å². The van der Waals surface area contributed by atoms with Gasteiger partial charge < -0.3 is 32.9 Å². The molecule has 0 aromatic carbocycles. The molecule has 68 valence electrons. The zero-order chi connectivity index (χ0) is 7.71. The molecule has 0 aromatic rings. The van der Waals surface area contributed by atoms with Crippen LogP contribution in [0.15, 0.2) is 0 Å². The average Bonchev–Trinajstić information content (AvgIpc) is 1.14. The van der Waals surface area contributed by atoms with Crippen LogP contribution in [0.3, 0.4) is 0 Å². The maximum Gasteiger partial charge on any atom is 0.665 e. The third-order valence-electron chi connectivity index (χ3n) is 0.274. The zero-order valence-electron chi connectivity index (χ0n) is 4.95. The van der Waals surface area contributed by atoms with E-state index in [0.29, 0.717) is 0 Å². The molecule has 0 aromatic heterocycles. The van der Waals surface area contributed by atoms with Gasteiger partial charge in [0.2, 0.25) is 0 Å². The van der Waals surface area contributed by atoms with Gasteiger partial charge in [-0.1, -0.05) is 0 Å². The number of hydrogen-bond acceptors (Lipinski definition) is 7. The van der Waals surface area contributed by atoms with Crippen molar-refractivity contribution in [3.05, 3.63) is 0 Å². The van der Waals surface area contributed by atoms with Crippen LogP contribution in [0.25, 0.3) is 0 Å². The molecule has 0 saturated heterocycles. The van der Waals surface area contributed by atoms with Gasteiger partial charge in [0, 0.05) is 81.7 Å². The molecule has 0 saturated carbocycles. The summed E-state index contributed by atoms with van der Waals surface area (Å²) in [5.74, 6) is 0. The summed E-state index contributed by atoms with van der Waals surface area (Å²) in [6, 6.07) is 0. The minimum atomic E-state index is -4.98. The molecule has 11 heavy (non-hydrogen) atoms. The van der Waals surface area contributed by atoms with Crippen LogP contribution < -0.4 is 0 Å². The first kappa shape index (κ1) is 19.4. The summed E-state index contributed by atoms with van der Waals surface area (Å²) >= 11 is 0. The van der Waals surface area contributed by atoms with E-state index >= 15 is 0 Å². The van der Waals surface area contributed by atoms with E-state index in [9.17, 15) is 0 Å². The van der Waals surface area contributed by atoms with E-state index in [0.717, 1.165) is 0 Å². The molecule has 0 radical (unpaired) electrons. The Morgan fingerprint density at radius 1 is 0.727 bits per heavy atom. The second-order valence-corrected chi connectivity index (χ2v) is 4.36. The van der Waals surface area contributed by atoms with Crippen LogP contribution in [0.1, 0.15) is 0 Å². The molecule has 0 atom stereocenters. The van der Waals surface area contributed by atoms with Crippen LogP contribution in [0, 0.1) is 81.7 Å². The molecule has 0 aliphatic rings. The Bertz CT molecular complexity index is 81.6. The minimum Gasteiger partial charge on any atom is -0.368 e. The normalized spacial score (nSPS) is 11.5. The van der Waals surface area contributed by atoms with Crippen molar-refractivity contribution in [1.82, 2.24) is 0 Å². The first-order valence-electron chi connectivity index (χ1n) is 1.75. The van der Waals surface area contributed by atoms with Crippen LogP contribution in [-0.4, -0.2) is 46.9 Å². The molecule has 0 unspecified atom stereocenters. The third-order valence-corrected chi connectivity index (χ3v) is 2.46. The second-order valence-electron chi connectivity index (χ2n) is 1.25. The van der Waals surface area contributed by atoms with Crippen LogP contribution >= 0.6 is 0 Å². The SMILES string of the molecule is O[Si](O)(O)O[Si](O)(O)O.[Ce].[Gd]. The topological polar surface area (TPSA) is 131 Å². The Balaban J connectivity index is -0.000000320. The molecule has 0 amide bonds. The average molecular weight is 472 g/mol. The Morgan fingerprint density at radius 3 is 0.909 bits per heavy atom. The smallest absolute Gasteiger partial charge is 0.368 e. The molecule has 6 N–H and O–H groups in total. The van der Waals surface area contributed by atoms with Gasteiger partial charge in [-0.2, -0.15) is 0 Å². The Labute approximate surface area is 130 Å². The van der Waals surface area contributed by atoms with E-state index in [-0.39, 0.29) is 81.7 Å². The first-order valence-corrected chi connectivity index (χ1v) is 5.25. The summed E-state index contributed by atoms with van der Waals surface area (Å²) in [5.41, 5.74) is 0. The fourth-order valence-corrected chi connectivity index (χ4v) is 1.65. The molecule has 0 fully saturated rings. The molecule has 0 heterocycles. The molecular formula is H6CeGdO7Si2. The molecule has 0 aliphatic heterocycles. The van der Waals surface area contributed by atoms with Crippen molar-refractivity contribution >= 4 is 18.1 Å². The monoisotopic (exact) mass is 472 g/mol. The molecule has 0 rings (SSSR count). The van der Waals surface area contributed by atoms with Gasteiger partial charge >= 0.3 is 18.1 Å². The van der Waals surface area contributed by atoms with E-state index < -0.39 is 18.1 Å². The van der Waals surface area contributed by atoms with Crippen molar-refractivity contribution in [2.45, 2.75) is 0 Å². The van der Waals surface area contributed by atoms with Gasteiger partial charge in [-0.15, -0.1) is 0 Å². The van der Waals surface area contributed by atoms with Gasteiger partial charge in [-0.3, -0.25) is 0 Å². The summed E-state index contributed by atoms with van der Waals surface area (Å²) in [6.45, 7) is 0. The maximum absolute atomic E-state index is 7.94. The predicted octanol–water partition coefficient (Wildman–Crippen LogP) is -4.17. The van der Waals surface area contributed by atoms with Gasteiger partial charge in [0.15, 0.2) is 0 Å². The van der Waals surface area contributed by atoms with Crippen molar-refractivity contribution in [2.75, 3.05) is 0 Å². The zero-order valence-corrected chi connectivity index (χ0v) is 12.4. The summed E-state index contributed by atoms with van der Waals surface area (Å²) in [5, 5.41) is 0. The molecule has 7 nitrogen and oxygen atoms in total. The van der Waals surface area contributed by atoms with E-state index in [4.69, 9.17) is 28.8 Å². The number of hydrogen-bond donors (Lipinski definition) is 6. The largest absolute Gasteiger partial charge is 0.665 e. The second kappa shape index (κ2) is 7.19. The van der Waals surface area contributed by atoms with Crippen molar-refractivity contribution in [1.29, 1.82) is 0 Å². The molecule has 0 aliphatic carbocycles. The maximum atomic E-state index is 7.94. The van der Waals surface area contributed by atoms with E-state index in [2.05, 4.69) is 4.12 Å². The molecular weight excluding hydrogens is 466 g/mol. The summed E-state index contributed by atoms with van der Waals surface area (Å²) in [7, 11) is -9.96. The van der Waals surface area contributed by atoms with E-state index in [1.807, 2.05) is 0 Å². The molecule has 11 heteroatoms. The standard InChI is InChI=1S/Ce.Gd.H6O7Si2/c;;1-8(2,3)7-9(4,5)6/h;;1-6H. The fraction of sp³-hybridized carbons (Fsp3) is 0. The van der Waals surface area contributed by atoms with Crippen molar-refractivity contribution in [3.8, 4) is 0 Å². The Hall–Kier alpha value is 2.86. The van der Waals surface area contributed by atoms with Crippen LogP contribution in [-0.2, 0) is 4.12 Å². The third kappa shape index (κ3) is 19.3. The summed E-state index contributed by atoms with van der Waals surface area (Å²) in [6.07, 6.45) is 0. The van der Waals surface area contributed by atoms with Gasteiger partial charge in [-0.05, 0) is 0 Å². The van der Waals surface area contributed by atoms with E-state index in [1.54, 1.807) is 0 Å². The Morgan fingerprint density at radius 2 is 0.909 bits per heavy atom. The predicted molar refractivity (Wildman–Crippen MR) is 25.9 cm³/mol. The van der Waals surface area contributed by atoms with Crippen molar-refractivity contribution in [3.63, 3.8) is 0 Å². The van der Waals surface area contributed by atoms with Gasteiger partial charge in [0.1, 0.15) is 0 Å². The van der Waals surface area contributed by atoms with Gasteiger partial charge in [-0.25, -0.2) is 0 Å². The summed E-state index contributed by atoms with van der Waals surface area (Å²) < 4.78 is 3.24. The van der Waals surface area contributed by atoms with Crippen molar-refractivity contribution < 1.29 is 115 Å².